The van der Waals surface area contributed by atoms with Crippen molar-refractivity contribution >= 4 is 38.3 Å². The Kier molecular flexibility index (Phi) is 7.03. The number of nitrogen functional groups attached to an aromatic ring is 1. The fraction of sp³-hybridized carbons (Fsp3) is 0.286. The van der Waals surface area contributed by atoms with E-state index in [-0.39, 0.29) is 52.7 Å². The molecule has 0 aliphatic rings. The second kappa shape index (κ2) is 9.74. The lowest BCUT2D eigenvalue weighted by Crippen LogP contribution is -2.28. The average molecular weight is 472 g/mol. The number of anilines is 2. The van der Waals surface area contributed by atoms with Crippen molar-refractivity contribution in [3.8, 4) is 6.07 Å². The maximum Gasteiger partial charge on any atom is 0.253 e. The van der Waals surface area contributed by atoms with Gasteiger partial charge in [-0.15, -0.1) is 0 Å². The number of hydrogen-bond donors (Lipinski definition) is 3. The number of sulfone groups is 1. The van der Waals surface area contributed by atoms with Gasteiger partial charge in [0.05, 0.1) is 23.1 Å². The van der Waals surface area contributed by atoms with Crippen LogP contribution in [0.15, 0.2) is 30.6 Å². The first-order chi connectivity index (χ1) is 15.6. The first kappa shape index (κ1) is 23.8. The van der Waals surface area contributed by atoms with Crippen molar-refractivity contribution in [2.75, 3.05) is 29.6 Å². The van der Waals surface area contributed by atoms with Crippen LogP contribution < -0.4 is 16.4 Å². The van der Waals surface area contributed by atoms with Crippen LogP contribution in [-0.4, -0.2) is 47.8 Å². The second-order valence-electron chi connectivity index (χ2n) is 7.43. The molecule has 12 heteroatoms. The third-order valence-corrected chi connectivity index (χ3v) is 5.83. The van der Waals surface area contributed by atoms with Gasteiger partial charge in [0.15, 0.2) is 0 Å². The van der Waals surface area contributed by atoms with E-state index in [9.17, 15) is 22.9 Å². The van der Waals surface area contributed by atoms with E-state index < -0.39 is 27.6 Å². The Bertz CT molecular complexity index is 1360. The van der Waals surface area contributed by atoms with E-state index in [1.54, 1.807) is 13.0 Å². The molecule has 2 aromatic heterocycles. The van der Waals surface area contributed by atoms with Crippen molar-refractivity contribution in [3.05, 3.63) is 53.2 Å². The molecule has 0 bridgehead atoms. The molecule has 4 N–H and O–H groups in total. The van der Waals surface area contributed by atoms with E-state index in [4.69, 9.17) is 5.73 Å². The minimum atomic E-state index is -3.15. The van der Waals surface area contributed by atoms with Crippen LogP contribution in [0, 0.1) is 17.1 Å². The fourth-order valence-electron chi connectivity index (χ4n) is 3.21. The topological polar surface area (TPSA) is 164 Å². The molecule has 10 nitrogen and oxygen atoms in total. The summed E-state index contributed by atoms with van der Waals surface area (Å²) < 4.78 is 37.0. The monoisotopic (exact) mass is 471 g/mol. The van der Waals surface area contributed by atoms with E-state index in [0.717, 1.165) is 6.26 Å². The van der Waals surface area contributed by atoms with Gasteiger partial charge in [0, 0.05) is 18.2 Å². The number of nitriles is 1. The summed E-state index contributed by atoms with van der Waals surface area (Å²) >= 11 is 0. The Balaban J connectivity index is 1.96. The zero-order valence-electron chi connectivity index (χ0n) is 18.0. The number of carbonyl (C=O) groups excluding carboxylic acids is 1. The molecule has 1 aromatic carbocycles. The molecule has 3 rings (SSSR count). The highest BCUT2D eigenvalue weighted by molar-refractivity contribution is 7.90. The zero-order chi connectivity index (χ0) is 24.2. The molecule has 0 saturated heterocycles. The number of para-hydroxylation sites is 1. The molecule has 0 fully saturated rings. The van der Waals surface area contributed by atoms with E-state index in [0.29, 0.717) is 5.39 Å². The molecular weight excluding hydrogens is 449 g/mol. The number of halogens is 1. The van der Waals surface area contributed by atoms with Crippen LogP contribution in [0.25, 0.3) is 10.9 Å². The van der Waals surface area contributed by atoms with Crippen LogP contribution in [0.3, 0.4) is 0 Å². The number of benzene rings is 1. The van der Waals surface area contributed by atoms with Gasteiger partial charge in [0.25, 0.3) is 5.91 Å². The smallest absolute Gasteiger partial charge is 0.253 e. The van der Waals surface area contributed by atoms with E-state index >= 15 is 0 Å². The number of fused-ring (bicyclic) bond motifs is 1. The SMILES string of the molecule is C[C@H](Nc1ncnc(N)c1C#N)c1nc2c(F)cccc2cc1C(=O)NCCCS(C)(=O)=O. The van der Waals surface area contributed by atoms with E-state index in [2.05, 4.69) is 25.6 Å². The highest BCUT2D eigenvalue weighted by Gasteiger charge is 2.22. The Morgan fingerprint density at radius 1 is 1.33 bits per heavy atom. The second-order valence-corrected chi connectivity index (χ2v) is 9.69. The molecule has 0 spiro atoms. The minimum absolute atomic E-state index is 0.0106. The maximum atomic E-state index is 14.4. The quantitative estimate of drug-likeness (QED) is 0.417. The summed E-state index contributed by atoms with van der Waals surface area (Å²) in [5.74, 6) is -0.972. The van der Waals surface area contributed by atoms with Crippen molar-refractivity contribution in [2.45, 2.75) is 19.4 Å². The summed E-state index contributed by atoms with van der Waals surface area (Å²) in [5.41, 5.74) is 6.23. The molecule has 0 saturated carbocycles. The van der Waals surface area contributed by atoms with Crippen molar-refractivity contribution in [3.63, 3.8) is 0 Å². The lowest BCUT2D eigenvalue weighted by Gasteiger charge is -2.19. The third kappa shape index (κ3) is 5.69. The van der Waals surface area contributed by atoms with Gasteiger partial charge in [-0.25, -0.2) is 27.8 Å². The van der Waals surface area contributed by atoms with Gasteiger partial charge in [-0.05, 0) is 25.5 Å². The predicted molar refractivity (Wildman–Crippen MR) is 122 cm³/mol. The molecule has 0 unspecified atom stereocenters. The number of nitrogens with one attached hydrogen (secondary N) is 2. The number of nitrogens with two attached hydrogens (primary N) is 1. The highest BCUT2D eigenvalue weighted by Crippen LogP contribution is 2.27. The Hall–Kier alpha value is -3.85. The van der Waals surface area contributed by atoms with Crippen LogP contribution >= 0.6 is 0 Å². The van der Waals surface area contributed by atoms with Crippen LogP contribution in [0.4, 0.5) is 16.0 Å². The van der Waals surface area contributed by atoms with Crippen LogP contribution in [-0.2, 0) is 9.84 Å². The van der Waals surface area contributed by atoms with E-state index in [1.807, 2.05) is 6.07 Å². The number of nitrogens with zero attached hydrogens (tertiary/aromatic N) is 4. The van der Waals surface area contributed by atoms with Gasteiger partial charge in [0.1, 0.15) is 50.8 Å². The predicted octanol–water partition coefficient (Wildman–Crippen LogP) is 1.96. The van der Waals surface area contributed by atoms with Gasteiger partial charge in [0.2, 0.25) is 0 Å². The summed E-state index contributed by atoms with van der Waals surface area (Å²) in [7, 11) is -3.15. The summed E-state index contributed by atoms with van der Waals surface area (Å²) in [4.78, 5) is 25.1. The number of amides is 1. The molecule has 33 heavy (non-hydrogen) atoms. The van der Waals surface area contributed by atoms with Crippen molar-refractivity contribution in [1.29, 1.82) is 5.26 Å². The van der Waals surface area contributed by atoms with Crippen LogP contribution in [0.2, 0.25) is 0 Å². The van der Waals surface area contributed by atoms with Crippen molar-refractivity contribution in [1.82, 2.24) is 20.3 Å². The molecule has 0 radical (unpaired) electrons. The molecule has 3 aromatic rings. The number of pyridine rings is 1. The van der Waals surface area contributed by atoms with Crippen LogP contribution in [0.5, 0.6) is 0 Å². The van der Waals surface area contributed by atoms with Gasteiger partial charge in [-0.2, -0.15) is 5.26 Å². The molecule has 2 heterocycles. The number of rotatable bonds is 8. The molecule has 0 aliphatic heterocycles. The van der Waals surface area contributed by atoms with Gasteiger partial charge in [-0.3, -0.25) is 4.79 Å². The summed E-state index contributed by atoms with van der Waals surface area (Å²) in [5, 5.41) is 15.5. The summed E-state index contributed by atoms with van der Waals surface area (Å²) in [6.45, 7) is 1.81. The lowest BCUT2D eigenvalue weighted by molar-refractivity contribution is 0.0952. The zero-order valence-corrected chi connectivity index (χ0v) is 18.8. The number of carbonyl (C=O) groups is 1. The standard InChI is InChI=1S/C21H22FN7O3S/c1-12(28-20-15(10-23)19(24)26-11-27-20)17-14(21(30)25-7-4-8-33(2,31)32)9-13-5-3-6-16(22)18(13)29-17/h3,5-6,9,11-12H,4,7-8H2,1-2H3,(H,25,30)(H3,24,26,27,28)/t12-/m0/s1. The van der Waals surface area contributed by atoms with Gasteiger partial charge < -0.3 is 16.4 Å². The van der Waals surface area contributed by atoms with Gasteiger partial charge >= 0.3 is 0 Å². The highest BCUT2D eigenvalue weighted by atomic mass is 32.2. The Morgan fingerprint density at radius 2 is 2.09 bits per heavy atom. The third-order valence-electron chi connectivity index (χ3n) is 4.80. The molecule has 1 amide bonds. The molecule has 0 aliphatic carbocycles. The largest absolute Gasteiger partial charge is 0.382 e. The normalized spacial score (nSPS) is 12.2. The molecular formula is C21H22FN7O3S. The summed E-state index contributed by atoms with van der Waals surface area (Å²) in [6.07, 6.45) is 2.56. The maximum absolute atomic E-state index is 14.4. The molecule has 172 valence electrons. The first-order valence-electron chi connectivity index (χ1n) is 9.93. The lowest BCUT2D eigenvalue weighted by atomic mass is 10.0. The summed E-state index contributed by atoms with van der Waals surface area (Å²) in [6, 6.07) is 7.17. The minimum Gasteiger partial charge on any atom is -0.382 e. The number of aromatic nitrogens is 3. The first-order valence-corrected chi connectivity index (χ1v) is 12.0. The number of hydrogen-bond acceptors (Lipinski definition) is 9. The van der Waals surface area contributed by atoms with Crippen molar-refractivity contribution in [2.24, 2.45) is 0 Å². The van der Waals surface area contributed by atoms with Crippen molar-refractivity contribution < 1.29 is 17.6 Å². The fourth-order valence-corrected chi connectivity index (χ4v) is 3.88. The van der Waals surface area contributed by atoms with Gasteiger partial charge in [-0.1, -0.05) is 12.1 Å². The average Bonchev–Trinajstić information content (AvgIpc) is 2.75. The molecule has 1 atom stereocenters. The van der Waals surface area contributed by atoms with Crippen LogP contribution in [0.1, 0.15) is 41.0 Å². The van der Waals surface area contributed by atoms with E-state index in [1.165, 1.54) is 24.5 Å². The Morgan fingerprint density at radius 3 is 2.79 bits per heavy atom. The Labute approximate surface area is 190 Å².